The number of fused-ring (bicyclic) bond motifs is 3. The number of hydrogen-bond acceptors (Lipinski definition) is 5. The Morgan fingerprint density at radius 3 is 2.57 bits per heavy atom. The van der Waals surface area contributed by atoms with Crippen molar-refractivity contribution < 1.29 is 13.9 Å². The average Bonchev–Trinajstić information content (AvgIpc) is 2.67. The summed E-state index contributed by atoms with van der Waals surface area (Å²) >= 11 is 0. The Kier molecular flexibility index (Phi) is 5.99. The van der Waals surface area contributed by atoms with Crippen LogP contribution >= 0.6 is 0 Å². The van der Waals surface area contributed by atoms with Gasteiger partial charge in [0.05, 0.1) is 5.39 Å². The number of hydrogen-bond donors (Lipinski definition) is 1. The highest BCUT2D eigenvalue weighted by Gasteiger charge is 2.18. The second-order valence-electron chi connectivity index (χ2n) is 7.21. The van der Waals surface area contributed by atoms with E-state index < -0.39 is 6.10 Å². The third kappa shape index (κ3) is 4.17. The van der Waals surface area contributed by atoms with E-state index in [1.54, 1.807) is 13.0 Å². The van der Waals surface area contributed by atoms with Crippen molar-refractivity contribution >= 4 is 27.6 Å². The molecule has 0 radical (unpaired) electrons. The average molecular weight is 382 g/mol. The Morgan fingerprint density at radius 2 is 1.86 bits per heavy atom. The molecule has 0 aliphatic rings. The topological polar surface area (TPSA) is 71.8 Å². The van der Waals surface area contributed by atoms with Crippen LogP contribution in [0.4, 0.5) is 0 Å². The molecule has 2 aromatic carbocycles. The molecule has 1 N–H and O–H groups in total. The number of nitrogens with one attached hydrogen (secondary N) is 1. The van der Waals surface area contributed by atoms with Crippen LogP contribution < -0.4 is 15.7 Å². The lowest BCUT2D eigenvalue weighted by atomic mass is 10.0. The fourth-order valence-corrected chi connectivity index (χ4v) is 3.18. The maximum absolute atomic E-state index is 12.3. The van der Waals surface area contributed by atoms with Crippen molar-refractivity contribution in [3.8, 4) is 5.75 Å². The smallest absolute Gasteiger partial charge is 0.344 e. The van der Waals surface area contributed by atoms with Crippen molar-refractivity contribution in [1.29, 1.82) is 0 Å². The van der Waals surface area contributed by atoms with E-state index in [1.165, 1.54) is 0 Å². The second kappa shape index (κ2) is 8.44. The van der Waals surface area contributed by atoms with Crippen LogP contribution in [-0.2, 0) is 4.79 Å². The van der Waals surface area contributed by atoms with Gasteiger partial charge in [-0.1, -0.05) is 18.2 Å². The molecule has 3 aromatic rings. The standard InChI is InChI=1S/C22H26N2O4/c1-14-19(27-15(2)21(25)23-12-7-13-24(3)4)11-10-17-16-8-5-6-9-18(16)22(26)28-20(14)17/h5-6,8-11,15H,7,12-13H2,1-4H3,(H,23,25)/t15-/m1/s1. The fourth-order valence-electron chi connectivity index (χ4n) is 3.18. The summed E-state index contributed by atoms with van der Waals surface area (Å²) in [5, 5.41) is 5.12. The minimum Gasteiger partial charge on any atom is -0.480 e. The predicted molar refractivity (Wildman–Crippen MR) is 111 cm³/mol. The van der Waals surface area contributed by atoms with Gasteiger partial charge in [0.15, 0.2) is 6.10 Å². The van der Waals surface area contributed by atoms with Gasteiger partial charge in [0.2, 0.25) is 0 Å². The summed E-state index contributed by atoms with van der Waals surface area (Å²) in [5.74, 6) is 0.361. The van der Waals surface area contributed by atoms with Gasteiger partial charge < -0.3 is 19.4 Å². The number of ether oxygens (including phenoxy) is 1. The first kappa shape index (κ1) is 19.9. The molecule has 0 spiro atoms. The van der Waals surface area contributed by atoms with Gasteiger partial charge in [-0.25, -0.2) is 4.79 Å². The van der Waals surface area contributed by atoms with Gasteiger partial charge in [-0.05, 0) is 64.5 Å². The largest absolute Gasteiger partial charge is 0.480 e. The Balaban J connectivity index is 1.80. The lowest BCUT2D eigenvalue weighted by Gasteiger charge is -2.17. The number of carbonyl (C=O) groups is 1. The van der Waals surface area contributed by atoms with Crippen molar-refractivity contribution in [2.24, 2.45) is 0 Å². The summed E-state index contributed by atoms with van der Waals surface area (Å²) in [4.78, 5) is 26.7. The summed E-state index contributed by atoms with van der Waals surface area (Å²) in [7, 11) is 4.00. The molecule has 3 rings (SSSR count). The molecule has 1 atom stereocenters. The molecular weight excluding hydrogens is 356 g/mol. The molecule has 0 aliphatic carbocycles. The van der Waals surface area contributed by atoms with Crippen LogP contribution in [0.2, 0.25) is 0 Å². The third-order valence-electron chi connectivity index (χ3n) is 4.74. The third-order valence-corrected chi connectivity index (χ3v) is 4.74. The van der Waals surface area contributed by atoms with Gasteiger partial charge in [0.25, 0.3) is 5.91 Å². The van der Waals surface area contributed by atoms with Crippen molar-refractivity contribution in [2.75, 3.05) is 27.2 Å². The first-order valence-corrected chi connectivity index (χ1v) is 9.42. The van der Waals surface area contributed by atoms with Crippen LogP contribution in [-0.4, -0.2) is 44.1 Å². The van der Waals surface area contributed by atoms with Crippen molar-refractivity contribution in [2.45, 2.75) is 26.4 Å². The van der Waals surface area contributed by atoms with Crippen LogP contribution in [0.5, 0.6) is 5.75 Å². The monoisotopic (exact) mass is 382 g/mol. The maximum Gasteiger partial charge on any atom is 0.344 e. The molecule has 0 saturated carbocycles. The Labute approximate surface area is 164 Å². The van der Waals surface area contributed by atoms with E-state index in [2.05, 4.69) is 10.2 Å². The second-order valence-corrected chi connectivity index (χ2v) is 7.21. The predicted octanol–water partition coefficient (Wildman–Crippen LogP) is 3.09. The highest BCUT2D eigenvalue weighted by molar-refractivity contribution is 6.05. The zero-order valence-corrected chi connectivity index (χ0v) is 16.7. The zero-order valence-electron chi connectivity index (χ0n) is 16.7. The number of amides is 1. The van der Waals surface area contributed by atoms with Crippen LogP contribution in [0, 0.1) is 6.92 Å². The minimum atomic E-state index is -0.650. The lowest BCUT2D eigenvalue weighted by Crippen LogP contribution is -2.37. The van der Waals surface area contributed by atoms with Gasteiger partial charge in [-0.2, -0.15) is 0 Å². The molecule has 6 heteroatoms. The maximum atomic E-state index is 12.3. The van der Waals surface area contributed by atoms with E-state index in [4.69, 9.17) is 9.15 Å². The quantitative estimate of drug-likeness (QED) is 0.386. The number of aryl methyl sites for hydroxylation is 1. The molecule has 28 heavy (non-hydrogen) atoms. The Bertz CT molecular complexity index is 1060. The molecule has 0 unspecified atom stereocenters. The number of nitrogens with zero attached hydrogens (tertiary/aromatic N) is 1. The first-order chi connectivity index (χ1) is 13.4. The van der Waals surface area contributed by atoms with Gasteiger partial charge in [-0.3, -0.25) is 4.79 Å². The van der Waals surface area contributed by atoms with Gasteiger partial charge in [0.1, 0.15) is 11.3 Å². The summed E-state index contributed by atoms with van der Waals surface area (Å²) in [6, 6.07) is 11.0. The number of rotatable bonds is 7. The van der Waals surface area contributed by atoms with E-state index in [9.17, 15) is 9.59 Å². The van der Waals surface area contributed by atoms with Gasteiger partial charge in [0, 0.05) is 17.5 Å². The first-order valence-electron chi connectivity index (χ1n) is 9.42. The summed E-state index contributed by atoms with van der Waals surface area (Å²) < 4.78 is 11.4. The highest BCUT2D eigenvalue weighted by atomic mass is 16.5. The van der Waals surface area contributed by atoms with Crippen molar-refractivity contribution in [1.82, 2.24) is 10.2 Å². The Morgan fingerprint density at radius 1 is 1.14 bits per heavy atom. The van der Waals surface area contributed by atoms with Crippen molar-refractivity contribution in [3.63, 3.8) is 0 Å². The summed E-state index contributed by atoms with van der Waals surface area (Å²) in [6.45, 7) is 5.05. The molecule has 6 nitrogen and oxygen atoms in total. The summed E-state index contributed by atoms with van der Waals surface area (Å²) in [6.07, 6.45) is 0.223. The molecule has 1 amide bonds. The molecule has 0 saturated heterocycles. The molecule has 148 valence electrons. The molecular formula is C22H26N2O4. The minimum absolute atomic E-state index is 0.168. The van der Waals surface area contributed by atoms with Crippen LogP contribution in [0.25, 0.3) is 21.7 Å². The van der Waals surface area contributed by atoms with E-state index in [0.717, 1.165) is 23.7 Å². The van der Waals surface area contributed by atoms with E-state index in [1.807, 2.05) is 51.4 Å². The molecule has 0 fully saturated rings. The molecule has 1 heterocycles. The number of benzene rings is 2. The molecule has 1 aromatic heterocycles. The van der Waals surface area contributed by atoms with Crippen LogP contribution in [0.1, 0.15) is 18.9 Å². The fraction of sp³-hybridized carbons (Fsp3) is 0.364. The van der Waals surface area contributed by atoms with E-state index in [-0.39, 0.29) is 11.5 Å². The SMILES string of the molecule is Cc1c(O[C@H](C)C(=O)NCCCN(C)C)ccc2c1oc(=O)c1ccccc12. The number of carbonyl (C=O) groups excluding carboxylic acids is 1. The van der Waals surface area contributed by atoms with Crippen LogP contribution in [0.15, 0.2) is 45.6 Å². The lowest BCUT2D eigenvalue weighted by molar-refractivity contribution is -0.127. The van der Waals surface area contributed by atoms with Crippen LogP contribution in [0.3, 0.4) is 0 Å². The highest BCUT2D eigenvalue weighted by Crippen LogP contribution is 2.31. The van der Waals surface area contributed by atoms with Gasteiger partial charge in [-0.15, -0.1) is 0 Å². The summed E-state index contributed by atoms with van der Waals surface area (Å²) in [5.41, 5.74) is 0.808. The van der Waals surface area contributed by atoms with E-state index >= 15 is 0 Å². The van der Waals surface area contributed by atoms with Crippen molar-refractivity contribution in [3.05, 3.63) is 52.4 Å². The molecule has 0 aliphatic heterocycles. The van der Waals surface area contributed by atoms with Gasteiger partial charge >= 0.3 is 5.63 Å². The Hall–Kier alpha value is -2.86. The molecule has 0 bridgehead atoms. The van der Waals surface area contributed by atoms with E-state index in [0.29, 0.717) is 28.8 Å². The normalized spacial score (nSPS) is 12.5. The zero-order chi connectivity index (χ0) is 20.3.